The molecule has 3 aromatic rings. The fourth-order valence-electron chi connectivity index (χ4n) is 2.62. The van der Waals surface area contributed by atoms with E-state index in [4.69, 9.17) is 9.15 Å². The lowest BCUT2D eigenvalue weighted by Crippen LogP contribution is -2.19. The van der Waals surface area contributed by atoms with Gasteiger partial charge in [-0.25, -0.2) is 14.0 Å². The van der Waals surface area contributed by atoms with Crippen molar-refractivity contribution in [3.05, 3.63) is 52.8 Å². The van der Waals surface area contributed by atoms with Crippen LogP contribution in [0.4, 0.5) is 20.6 Å². The number of nitrogens with one attached hydrogen (secondary N) is 2. The standard InChI is InChI=1S/C18H18FN3O4/c1-3-8-22-14-6-4-12(10-16(14)26-18(22)24)21-17(23)20-11-5-7-15(25-2)13(19)9-11/h4-7,9-10H,3,8H2,1-2H3,(H2,20,21,23). The molecule has 0 aliphatic carbocycles. The molecule has 0 unspecified atom stereocenters. The monoisotopic (exact) mass is 359 g/mol. The highest BCUT2D eigenvalue weighted by Crippen LogP contribution is 2.22. The van der Waals surface area contributed by atoms with Crippen molar-refractivity contribution in [2.45, 2.75) is 19.9 Å². The van der Waals surface area contributed by atoms with Gasteiger partial charge in [-0.1, -0.05) is 6.92 Å². The molecule has 0 aliphatic heterocycles. The second kappa shape index (κ2) is 7.30. The van der Waals surface area contributed by atoms with Gasteiger partial charge in [0.25, 0.3) is 0 Å². The number of urea groups is 1. The molecule has 0 bridgehead atoms. The number of benzene rings is 2. The maximum Gasteiger partial charge on any atom is 0.419 e. The van der Waals surface area contributed by atoms with E-state index in [1.807, 2.05) is 6.92 Å². The van der Waals surface area contributed by atoms with E-state index in [2.05, 4.69) is 10.6 Å². The first-order valence-electron chi connectivity index (χ1n) is 8.06. The van der Waals surface area contributed by atoms with Crippen molar-refractivity contribution in [1.82, 2.24) is 4.57 Å². The number of anilines is 2. The summed E-state index contributed by atoms with van der Waals surface area (Å²) in [5.74, 6) is -0.920. The molecule has 7 nitrogen and oxygen atoms in total. The van der Waals surface area contributed by atoms with Crippen molar-refractivity contribution >= 4 is 28.5 Å². The summed E-state index contributed by atoms with van der Waals surface area (Å²) in [4.78, 5) is 23.9. The molecular weight excluding hydrogens is 341 g/mol. The van der Waals surface area contributed by atoms with Crippen molar-refractivity contribution < 1.29 is 18.3 Å². The molecule has 0 fully saturated rings. The van der Waals surface area contributed by atoms with Gasteiger partial charge in [-0.05, 0) is 30.7 Å². The lowest BCUT2D eigenvalue weighted by atomic mass is 10.2. The number of ether oxygens (including phenoxy) is 1. The van der Waals surface area contributed by atoms with Crippen LogP contribution in [0.2, 0.25) is 0 Å². The Morgan fingerprint density at radius 1 is 1.19 bits per heavy atom. The number of hydrogen-bond donors (Lipinski definition) is 2. The predicted octanol–water partition coefficient (Wildman–Crippen LogP) is 3.80. The Morgan fingerprint density at radius 2 is 1.88 bits per heavy atom. The smallest absolute Gasteiger partial charge is 0.419 e. The van der Waals surface area contributed by atoms with E-state index in [0.717, 1.165) is 12.5 Å². The number of oxazole rings is 1. The number of amides is 2. The first kappa shape index (κ1) is 17.5. The van der Waals surface area contributed by atoms with Gasteiger partial charge in [-0.3, -0.25) is 4.57 Å². The summed E-state index contributed by atoms with van der Waals surface area (Å²) in [6, 6.07) is 8.49. The summed E-state index contributed by atoms with van der Waals surface area (Å²) in [5, 5.41) is 5.14. The summed E-state index contributed by atoms with van der Waals surface area (Å²) >= 11 is 0. The molecule has 2 N–H and O–H groups in total. The third kappa shape index (κ3) is 3.53. The van der Waals surface area contributed by atoms with E-state index in [0.29, 0.717) is 23.3 Å². The minimum absolute atomic E-state index is 0.0908. The third-order valence-corrected chi connectivity index (χ3v) is 3.78. The normalized spacial score (nSPS) is 10.7. The molecule has 2 aromatic carbocycles. The summed E-state index contributed by atoms with van der Waals surface area (Å²) in [6.45, 7) is 2.52. The van der Waals surface area contributed by atoms with Crippen LogP contribution in [-0.2, 0) is 6.54 Å². The number of hydrogen-bond acceptors (Lipinski definition) is 4. The average Bonchev–Trinajstić information content (AvgIpc) is 2.90. The Balaban J connectivity index is 1.75. The summed E-state index contributed by atoms with van der Waals surface area (Å²) in [6.07, 6.45) is 0.801. The number of carbonyl (C=O) groups excluding carboxylic acids is 1. The zero-order valence-electron chi connectivity index (χ0n) is 14.3. The molecule has 0 atom stereocenters. The van der Waals surface area contributed by atoms with Gasteiger partial charge in [0.1, 0.15) is 0 Å². The van der Waals surface area contributed by atoms with E-state index >= 15 is 0 Å². The van der Waals surface area contributed by atoms with Crippen LogP contribution in [0.15, 0.2) is 45.6 Å². The van der Waals surface area contributed by atoms with Gasteiger partial charge in [0.15, 0.2) is 17.1 Å². The molecule has 136 valence electrons. The van der Waals surface area contributed by atoms with Gasteiger partial charge in [0, 0.05) is 30.1 Å². The fraction of sp³-hybridized carbons (Fsp3) is 0.222. The van der Waals surface area contributed by atoms with Crippen LogP contribution in [0.5, 0.6) is 5.75 Å². The lowest BCUT2D eigenvalue weighted by Gasteiger charge is -2.09. The zero-order chi connectivity index (χ0) is 18.7. The molecule has 2 amide bonds. The number of fused-ring (bicyclic) bond motifs is 1. The molecule has 3 rings (SSSR count). The second-order valence-corrected chi connectivity index (χ2v) is 5.63. The van der Waals surface area contributed by atoms with Crippen LogP contribution in [0.25, 0.3) is 11.1 Å². The van der Waals surface area contributed by atoms with Crippen molar-refractivity contribution in [3.63, 3.8) is 0 Å². The molecule has 0 radical (unpaired) electrons. The zero-order valence-corrected chi connectivity index (χ0v) is 14.3. The molecule has 8 heteroatoms. The molecule has 0 spiro atoms. The highest BCUT2D eigenvalue weighted by Gasteiger charge is 2.11. The van der Waals surface area contributed by atoms with Gasteiger partial charge in [0.05, 0.1) is 12.6 Å². The number of nitrogens with zero attached hydrogens (tertiary/aromatic N) is 1. The Morgan fingerprint density at radius 3 is 2.54 bits per heavy atom. The van der Waals surface area contributed by atoms with E-state index in [9.17, 15) is 14.0 Å². The quantitative estimate of drug-likeness (QED) is 0.726. The largest absolute Gasteiger partial charge is 0.494 e. The van der Waals surface area contributed by atoms with Gasteiger partial charge in [-0.2, -0.15) is 0 Å². The third-order valence-electron chi connectivity index (χ3n) is 3.78. The van der Waals surface area contributed by atoms with Crippen LogP contribution >= 0.6 is 0 Å². The Kier molecular flexibility index (Phi) is 4.92. The second-order valence-electron chi connectivity index (χ2n) is 5.63. The van der Waals surface area contributed by atoms with Crippen LogP contribution in [0, 0.1) is 5.82 Å². The molecule has 26 heavy (non-hydrogen) atoms. The van der Waals surface area contributed by atoms with Crippen molar-refractivity contribution in [2.24, 2.45) is 0 Å². The Hall–Kier alpha value is -3.29. The average molecular weight is 359 g/mol. The lowest BCUT2D eigenvalue weighted by molar-refractivity contribution is 0.262. The number of methoxy groups -OCH3 is 1. The maximum atomic E-state index is 13.7. The van der Waals surface area contributed by atoms with Gasteiger partial charge < -0.3 is 19.8 Å². The highest BCUT2D eigenvalue weighted by molar-refractivity contribution is 6.00. The number of rotatable bonds is 5. The van der Waals surface area contributed by atoms with Crippen molar-refractivity contribution in [1.29, 1.82) is 0 Å². The molecule has 1 heterocycles. The van der Waals surface area contributed by atoms with E-state index in [-0.39, 0.29) is 11.4 Å². The molecular formula is C18H18FN3O4. The number of carbonyl (C=O) groups is 1. The maximum absolute atomic E-state index is 13.7. The first-order valence-corrected chi connectivity index (χ1v) is 8.06. The number of aryl methyl sites for hydroxylation is 1. The van der Waals surface area contributed by atoms with Crippen molar-refractivity contribution in [2.75, 3.05) is 17.7 Å². The minimum atomic E-state index is -0.578. The van der Waals surface area contributed by atoms with Crippen LogP contribution in [0.3, 0.4) is 0 Å². The number of halogens is 1. The highest BCUT2D eigenvalue weighted by atomic mass is 19.1. The molecule has 0 saturated heterocycles. The fourth-order valence-corrected chi connectivity index (χ4v) is 2.62. The summed E-state index contributed by atoms with van der Waals surface area (Å²) in [7, 11) is 1.36. The van der Waals surface area contributed by atoms with E-state index < -0.39 is 17.6 Å². The van der Waals surface area contributed by atoms with Crippen LogP contribution in [-0.4, -0.2) is 17.7 Å². The molecule has 0 aliphatic rings. The Labute approximate surface area is 148 Å². The first-order chi connectivity index (χ1) is 12.5. The molecule has 1 aromatic heterocycles. The Bertz CT molecular complexity index is 1010. The van der Waals surface area contributed by atoms with Crippen LogP contribution in [0.1, 0.15) is 13.3 Å². The predicted molar refractivity (Wildman–Crippen MR) is 96.4 cm³/mol. The topological polar surface area (TPSA) is 85.5 Å². The van der Waals surface area contributed by atoms with E-state index in [1.165, 1.54) is 19.2 Å². The SMILES string of the molecule is CCCn1c(=O)oc2cc(NC(=O)Nc3ccc(OC)c(F)c3)ccc21. The van der Waals surface area contributed by atoms with E-state index in [1.54, 1.807) is 22.8 Å². The molecule has 0 saturated carbocycles. The minimum Gasteiger partial charge on any atom is -0.494 e. The number of aromatic nitrogens is 1. The van der Waals surface area contributed by atoms with Gasteiger partial charge in [-0.15, -0.1) is 0 Å². The summed E-state index contributed by atoms with van der Waals surface area (Å²) in [5.41, 5.74) is 1.78. The summed E-state index contributed by atoms with van der Waals surface area (Å²) < 4.78 is 25.2. The van der Waals surface area contributed by atoms with Gasteiger partial charge in [0.2, 0.25) is 0 Å². The van der Waals surface area contributed by atoms with Gasteiger partial charge >= 0.3 is 11.8 Å². The van der Waals surface area contributed by atoms with Crippen LogP contribution < -0.4 is 21.1 Å². The van der Waals surface area contributed by atoms with Crippen molar-refractivity contribution in [3.8, 4) is 5.75 Å².